The van der Waals surface area contributed by atoms with Gasteiger partial charge in [-0.1, -0.05) is 59.7 Å². The third-order valence-corrected chi connectivity index (χ3v) is 2.73. The molecule has 102 valence electrons. The van der Waals surface area contributed by atoms with E-state index in [0.717, 1.165) is 18.6 Å². The lowest BCUT2D eigenvalue weighted by molar-refractivity contribution is 0.101. The number of rotatable bonds is 4. The van der Waals surface area contributed by atoms with Gasteiger partial charge < -0.3 is 4.74 Å². The second-order valence-corrected chi connectivity index (χ2v) is 7.58. The molecule has 0 aliphatic heterocycles. The summed E-state index contributed by atoms with van der Waals surface area (Å²) in [7, 11) is 0. The van der Waals surface area contributed by atoms with Crippen molar-refractivity contribution >= 4 is 0 Å². The predicted molar refractivity (Wildman–Crippen MR) is 79.0 cm³/mol. The van der Waals surface area contributed by atoms with Crippen molar-refractivity contribution in [2.45, 2.75) is 60.5 Å². The fraction of sp³-hybridized carbons (Fsp3) is 0.647. The Bertz CT molecular complexity index is 324. The Labute approximate surface area is 113 Å². The highest BCUT2D eigenvalue weighted by Crippen LogP contribution is 2.31. The SMILES string of the molecule is CC(C)(C)CC(CC(C)(C)C)Oc1ccccc1. The predicted octanol–water partition coefficient (Wildman–Crippen LogP) is 5.31. The van der Waals surface area contributed by atoms with E-state index >= 15 is 0 Å². The molecule has 0 aliphatic rings. The summed E-state index contributed by atoms with van der Waals surface area (Å²) in [5, 5.41) is 0. The van der Waals surface area contributed by atoms with Crippen molar-refractivity contribution in [2.24, 2.45) is 10.8 Å². The Balaban J connectivity index is 2.72. The Kier molecular flexibility index (Phi) is 4.84. The molecule has 0 saturated heterocycles. The van der Waals surface area contributed by atoms with E-state index in [1.54, 1.807) is 0 Å². The summed E-state index contributed by atoms with van der Waals surface area (Å²) in [6.07, 6.45) is 2.45. The number of para-hydroxylation sites is 1. The molecule has 1 rings (SSSR count). The minimum atomic E-state index is 0.285. The lowest BCUT2D eigenvalue weighted by Crippen LogP contribution is -2.28. The van der Waals surface area contributed by atoms with Gasteiger partial charge in [-0.15, -0.1) is 0 Å². The van der Waals surface area contributed by atoms with Crippen LogP contribution in [0.5, 0.6) is 5.75 Å². The second kappa shape index (κ2) is 5.77. The number of ether oxygens (including phenoxy) is 1. The average molecular weight is 248 g/mol. The van der Waals surface area contributed by atoms with Crippen LogP contribution < -0.4 is 4.74 Å². The highest BCUT2D eigenvalue weighted by atomic mass is 16.5. The van der Waals surface area contributed by atoms with Crippen LogP contribution in [0.3, 0.4) is 0 Å². The van der Waals surface area contributed by atoms with Gasteiger partial charge in [0.2, 0.25) is 0 Å². The molecule has 0 N–H and O–H groups in total. The first-order valence-electron chi connectivity index (χ1n) is 6.87. The van der Waals surface area contributed by atoms with E-state index in [1.165, 1.54) is 0 Å². The van der Waals surface area contributed by atoms with E-state index in [4.69, 9.17) is 4.74 Å². The zero-order valence-electron chi connectivity index (χ0n) is 12.8. The van der Waals surface area contributed by atoms with Crippen molar-refractivity contribution in [1.29, 1.82) is 0 Å². The molecule has 0 heterocycles. The van der Waals surface area contributed by atoms with Gasteiger partial charge in [0, 0.05) is 0 Å². The molecule has 0 aliphatic carbocycles. The van der Waals surface area contributed by atoms with Gasteiger partial charge in [-0.05, 0) is 35.8 Å². The van der Waals surface area contributed by atoms with Crippen LogP contribution in [0, 0.1) is 10.8 Å². The summed E-state index contributed by atoms with van der Waals surface area (Å²) in [5.74, 6) is 0.982. The summed E-state index contributed by atoms with van der Waals surface area (Å²) >= 11 is 0. The molecule has 1 aromatic carbocycles. The zero-order valence-corrected chi connectivity index (χ0v) is 12.8. The molecule has 0 bridgehead atoms. The van der Waals surface area contributed by atoms with Crippen LogP contribution in [0.4, 0.5) is 0 Å². The Morgan fingerprint density at radius 1 is 0.833 bits per heavy atom. The standard InChI is InChI=1S/C17H28O/c1-16(2,3)12-15(13-17(4,5)6)18-14-10-8-7-9-11-14/h7-11,15H,12-13H2,1-6H3. The molecule has 0 radical (unpaired) electrons. The monoisotopic (exact) mass is 248 g/mol. The Morgan fingerprint density at radius 2 is 1.28 bits per heavy atom. The van der Waals surface area contributed by atoms with Crippen molar-refractivity contribution in [3.8, 4) is 5.75 Å². The third kappa shape index (κ3) is 6.68. The first-order valence-corrected chi connectivity index (χ1v) is 6.87. The van der Waals surface area contributed by atoms with Crippen LogP contribution >= 0.6 is 0 Å². The minimum Gasteiger partial charge on any atom is -0.490 e. The number of hydrogen-bond acceptors (Lipinski definition) is 1. The zero-order chi connectivity index (χ0) is 13.8. The summed E-state index contributed by atoms with van der Waals surface area (Å²) in [6, 6.07) is 10.2. The Hall–Kier alpha value is -0.980. The maximum atomic E-state index is 6.17. The van der Waals surface area contributed by atoms with Crippen LogP contribution in [-0.4, -0.2) is 6.10 Å². The van der Waals surface area contributed by atoms with Crippen LogP contribution in [0.1, 0.15) is 54.4 Å². The smallest absolute Gasteiger partial charge is 0.119 e. The molecule has 0 spiro atoms. The van der Waals surface area contributed by atoms with Crippen molar-refractivity contribution in [3.05, 3.63) is 30.3 Å². The van der Waals surface area contributed by atoms with Crippen molar-refractivity contribution in [1.82, 2.24) is 0 Å². The van der Waals surface area contributed by atoms with Crippen LogP contribution in [0.15, 0.2) is 30.3 Å². The highest BCUT2D eigenvalue weighted by molar-refractivity contribution is 5.21. The minimum absolute atomic E-state index is 0.285. The molecule has 0 saturated carbocycles. The highest BCUT2D eigenvalue weighted by Gasteiger charge is 2.25. The molecule has 1 heteroatoms. The van der Waals surface area contributed by atoms with Gasteiger partial charge in [0.05, 0.1) is 6.10 Å². The fourth-order valence-corrected chi connectivity index (χ4v) is 2.21. The van der Waals surface area contributed by atoms with E-state index in [1.807, 2.05) is 30.3 Å². The second-order valence-electron chi connectivity index (χ2n) is 7.58. The first-order chi connectivity index (χ1) is 8.16. The number of benzene rings is 1. The van der Waals surface area contributed by atoms with Gasteiger partial charge in [-0.25, -0.2) is 0 Å². The third-order valence-electron chi connectivity index (χ3n) is 2.73. The quantitative estimate of drug-likeness (QED) is 0.702. The summed E-state index contributed by atoms with van der Waals surface area (Å²) < 4.78 is 6.17. The van der Waals surface area contributed by atoms with Gasteiger partial charge in [-0.3, -0.25) is 0 Å². The van der Waals surface area contributed by atoms with Crippen molar-refractivity contribution in [3.63, 3.8) is 0 Å². The van der Waals surface area contributed by atoms with Crippen LogP contribution in [0.25, 0.3) is 0 Å². The molecule has 0 atom stereocenters. The maximum absolute atomic E-state index is 6.17. The van der Waals surface area contributed by atoms with Gasteiger partial charge in [0.15, 0.2) is 0 Å². The number of hydrogen-bond donors (Lipinski definition) is 0. The van der Waals surface area contributed by atoms with E-state index in [-0.39, 0.29) is 6.10 Å². The molecular weight excluding hydrogens is 220 g/mol. The molecule has 0 aromatic heterocycles. The maximum Gasteiger partial charge on any atom is 0.119 e. The molecule has 18 heavy (non-hydrogen) atoms. The molecule has 1 aromatic rings. The first kappa shape index (κ1) is 15.1. The van der Waals surface area contributed by atoms with E-state index < -0.39 is 0 Å². The fourth-order valence-electron chi connectivity index (χ4n) is 2.21. The topological polar surface area (TPSA) is 9.23 Å². The van der Waals surface area contributed by atoms with Crippen molar-refractivity contribution < 1.29 is 4.74 Å². The molecule has 0 unspecified atom stereocenters. The lowest BCUT2D eigenvalue weighted by atomic mass is 9.82. The van der Waals surface area contributed by atoms with Gasteiger partial charge in [-0.2, -0.15) is 0 Å². The summed E-state index contributed by atoms with van der Waals surface area (Å²) in [6.45, 7) is 13.6. The summed E-state index contributed by atoms with van der Waals surface area (Å²) in [5.41, 5.74) is 0.593. The summed E-state index contributed by atoms with van der Waals surface area (Å²) in [4.78, 5) is 0. The average Bonchev–Trinajstić information content (AvgIpc) is 2.13. The van der Waals surface area contributed by atoms with Gasteiger partial charge in [0.1, 0.15) is 5.75 Å². The normalized spacial score (nSPS) is 12.8. The van der Waals surface area contributed by atoms with E-state index in [9.17, 15) is 0 Å². The van der Waals surface area contributed by atoms with Gasteiger partial charge >= 0.3 is 0 Å². The molecule has 1 nitrogen and oxygen atoms in total. The van der Waals surface area contributed by atoms with Crippen LogP contribution in [-0.2, 0) is 0 Å². The van der Waals surface area contributed by atoms with Crippen molar-refractivity contribution in [2.75, 3.05) is 0 Å². The van der Waals surface area contributed by atoms with Crippen LogP contribution in [0.2, 0.25) is 0 Å². The molecule has 0 amide bonds. The largest absolute Gasteiger partial charge is 0.490 e. The van der Waals surface area contributed by atoms with Gasteiger partial charge in [0.25, 0.3) is 0 Å². The Morgan fingerprint density at radius 3 is 1.67 bits per heavy atom. The van der Waals surface area contributed by atoms with E-state index in [2.05, 4.69) is 41.5 Å². The molecular formula is C17H28O. The lowest BCUT2D eigenvalue weighted by Gasteiger charge is -2.31. The molecule has 0 fully saturated rings. The van der Waals surface area contributed by atoms with E-state index in [0.29, 0.717) is 10.8 Å².